The highest BCUT2D eigenvalue weighted by Gasteiger charge is 2.20. The van der Waals surface area contributed by atoms with Crippen molar-refractivity contribution in [1.82, 2.24) is 9.97 Å². The Morgan fingerprint density at radius 1 is 1.29 bits per heavy atom. The Balaban J connectivity index is 2.85. The molecule has 1 heterocycles. The van der Waals surface area contributed by atoms with Crippen LogP contribution in [0.15, 0.2) is 0 Å². The summed E-state index contributed by atoms with van der Waals surface area (Å²) in [5.41, 5.74) is 0. The van der Waals surface area contributed by atoms with E-state index in [2.05, 4.69) is 9.97 Å². The van der Waals surface area contributed by atoms with E-state index in [-0.39, 0.29) is 27.9 Å². The zero-order chi connectivity index (χ0) is 13.0. The van der Waals surface area contributed by atoms with E-state index in [0.29, 0.717) is 0 Å². The molecule has 8 heteroatoms. The third kappa shape index (κ3) is 3.87. The number of carbonyl (C=O) groups excluding carboxylic acids is 1. The Morgan fingerprint density at radius 2 is 1.82 bits per heavy atom. The number of hydrogen-bond acceptors (Lipinski definition) is 5. The molecule has 0 unspecified atom stereocenters. The van der Waals surface area contributed by atoms with Crippen molar-refractivity contribution >= 4 is 40.8 Å². The molecule has 1 aromatic heterocycles. The Hall–Kier alpha value is -0.780. The second-order valence-corrected chi connectivity index (χ2v) is 3.97. The molecule has 94 valence electrons. The van der Waals surface area contributed by atoms with Gasteiger partial charge in [-0.3, -0.25) is 0 Å². The van der Waals surface area contributed by atoms with Crippen molar-refractivity contribution in [3.63, 3.8) is 0 Å². The number of ether oxygens (including phenoxy) is 2. The topological polar surface area (TPSA) is 61.3 Å². The first kappa shape index (κ1) is 14.3. The molecule has 5 nitrogen and oxygen atoms in total. The van der Waals surface area contributed by atoms with Crippen LogP contribution in [0.1, 0.15) is 13.8 Å². The van der Waals surface area contributed by atoms with Gasteiger partial charge >= 0.3 is 5.97 Å². The van der Waals surface area contributed by atoms with Crippen LogP contribution in [0.25, 0.3) is 0 Å². The minimum Gasteiger partial charge on any atom is -0.473 e. The van der Waals surface area contributed by atoms with Gasteiger partial charge in [0, 0.05) is 0 Å². The van der Waals surface area contributed by atoms with Gasteiger partial charge in [-0.1, -0.05) is 23.2 Å². The highest BCUT2D eigenvalue weighted by molar-refractivity contribution is 6.37. The number of rotatable bonds is 4. The predicted octanol–water partition coefficient (Wildman–Crippen LogP) is 2.77. The minimum atomic E-state index is -0.866. The molecular weight excluding hydrogens is 290 g/mol. The van der Waals surface area contributed by atoms with Crippen LogP contribution in [-0.2, 0) is 9.53 Å². The Morgan fingerprint density at radius 3 is 2.29 bits per heavy atom. The second-order valence-electron chi connectivity index (χ2n) is 2.92. The molecule has 0 bridgehead atoms. The Kier molecular flexibility index (Phi) is 5.24. The van der Waals surface area contributed by atoms with Crippen LogP contribution in [0.3, 0.4) is 0 Å². The summed E-state index contributed by atoms with van der Waals surface area (Å²) in [5.74, 6) is -0.534. The molecule has 0 aliphatic rings. The number of halogens is 3. The molecule has 0 fully saturated rings. The van der Waals surface area contributed by atoms with E-state index in [0.717, 1.165) is 0 Å². The maximum atomic E-state index is 11.3. The normalized spacial score (nSPS) is 12.1. The highest BCUT2D eigenvalue weighted by Crippen LogP contribution is 2.31. The van der Waals surface area contributed by atoms with Gasteiger partial charge in [-0.25, -0.2) is 14.8 Å². The fraction of sp³-hybridized carbons (Fsp3) is 0.444. The molecule has 0 N–H and O–H groups in total. The summed E-state index contributed by atoms with van der Waals surface area (Å²) in [6.45, 7) is 3.44. The van der Waals surface area contributed by atoms with Gasteiger partial charge in [-0.05, 0) is 25.4 Å². The summed E-state index contributed by atoms with van der Waals surface area (Å²) in [6, 6.07) is 0. The fourth-order valence-electron chi connectivity index (χ4n) is 0.955. The lowest BCUT2D eigenvalue weighted by atomic mass is 10.4. The molecule has 1 rings (SSSR count). The summed E-state index contributed by atoms with van der Waals surface area (Å²) in [7, 11) is 0. The summed E-state index contributed by atoms with van der Waals surface area (Å²) in [5, 5.41) is -0.228. The van der Waals surface area contributed by atoms with Gasteiger partial charge in [0.2, 0.25) is 5.28 Å². The maximum Gasteiger partial charge on any atom is 0.347 e. The highest BCUT2D eigenvalue weighted by atomic mass is 35.5. The summed E-state index contributed by atoms with van der Waals surface area (Å²) < 4.78 is 9.99. The van der Waals surface area contributed by atoms with Gasteiger partial charge in [-0.2, -0.15) is 0 Å². The van der Waals surface area contributed by atoms with Crippen molar-refractivity contribution in [1.29, 1.82) is 0 Å². The third-order valence-corrected chi connectivity index (χ3v) is 2.35. The molecule has 0 spiro atoms. The van der Waals surface area contributed by atoms with Crippen LogP contribution >= 0.6 is 34.8 Å². The molecule has 1 aromatic rings. The van der Waals surface area contributed by atoms with Crippen LogP contribution in [-0.4, -0.2) is 28.6 Å². The van der Waals surface area contributed by atoms with Gasteiger partial charge in [-0.15, -0.1) is 0 Å². The first-order chi connectivity index (χ1) is 7.95. The third-order valence-electron chi connectivity index (χ3n) is 1.67. The molecule has 0 amide bonds. The lowest BCUT2D eigenvalue weighted by Crippen LogP contribution is -2.26. The lowest BCUT2D eigenvalue weighted by Gasteiger charge is -2.14. The summed E-state index contributed by atoms with van der Waals surface area (Å²) >= 11 is 17.1. The molecule has 17 heavy (non-hydrogen) atoms. The molecule has 0 aliphatic carbocycles. The van der Waals surface area contributed by atoms with E-state index in [1.165, 1.54) is 6.92 Å². The summed E-state index contributed by atoms with van der Waals surface area (Å²) in [6.07, 6.45) is -0.866. The molecular formula is C9H9Cl3N2O3. The standard InChI is InChI=1S/C9H9Cl3N2O3/c1-3-16-8(15)4(2)17-5-6(10)13-9(12)14-7(5)11/h4H,3H2,1-2H3/t4-/m0/s1. The number of esters is 1. The summed E-state index contributed by atoms with van der Waals surface area (Å²) in [4.78, 5) is 18.6. The van der Waals surface area contributed by atoms with Gasteiger partial charge in [0.15, 0.2) is 22.2 Å². The first-order valence-corrected chi connectivity index (χ1v) is 5.81. The fourth-order valence-corrected chi connectivity index (χ4v) is 1.69. The van der Waals surface area contributed by atoms with Crippen LogP contribution in [0, 0.1) is 0 Å². The second kappa shape index (κ2) is 6.23. The van der Waals surface area contributed by atoms with Gasteiger partial charge in [0.25, 0.3) is 0 Å². The van der Waals surface area contributed by atoms with Crippen LogP contribution in [0.5, 0.6) is 5.75 Å². The van der Waals surface area contributed by atoms with Crippen LogP contribution < -0.4 is 4.74 Å². The SMILES string of the molecule is CCOC(=O)[C@H](C)Oc1c(Cl)nc(Cl)nc1Cl. The van der Waals surface area contributed by atoms with Crippen LogP contribution in [0.4, 0.5) is 0 Å². The zero-order valence-electron chi connectivity index (χ0n) is 9.04. The lowest BCUT2D eigenvalue weighted by molar-refractivity contribution is -0.150. The molecule has 1 atom stereocenters. The van der Waals surface area contributed by atoms with E-state index in [1.807, 2.05) is 0 Å². The Bertz CT molecular complexity index is 405. The van der Waals surface area contributed by atoms with Crippen molar-refractivity contribution in [3.8, 4) is 5.75 Å². The van der Waals surface area contributed by atoms with E-state index in [1.54, 1.807) is 6.92 Å². The number of nitrogens with zero attached hydrogens (tertiary/aromatic N) is 2. The largest absolute Gasteiger partial charge is 0.473 e. The van der Waals surface area contributed by atoms with Crippen molar-refractivity contribution in [3.05, 3.63) is 15.6 Å². The number of aromatic nitrogens is 2. The van der Waals surface area contributed by atoms with E-state index in [4.69, 9.17) is 44.3 Å². The van der Waals surface area contributed by atoms with E-state index in [9.17, 15) is 4.79 Å². The predicted molar refractivity (Wildman–Crippen MR) is 63.8 cm³/mol. The van der Waals surface area contributed by atoms with Crippen molar-refractivity contribution in [2.24, 2.45) is 0 Å². The molecule has 0 aromatic carbocycles. The van der Waals surface area contributed by atoms with Gasteiger partial charge in [0.05, 0.1) is 6.61 Å². The molecule has 0 saturated carbocycles. The monoisotopic (exact) mass is 298 g/mol. The van der Waals surface area contributed by atoms with Gasteiger partial charge < -0.3 is 9.47 Å². The number of carbonyl (C=O) groups is 1. The zero-order valence-corrected chi connectivity index (χ0v) is 11.3. The first-order valence-electron chi connectivity index (χ1n) is 4.67. The maximum absolute atomic E-state index is 11.3. The van der Waals surface area contributed by atoms with E-state index >= 15 is 0 Å². The van der Waals surface area contributed by atoms with Crippen molar-refractivity contribution < 1.29 is 14.3 Å². The van der Waals surface area contributed by atoms with E-state index < -0.39 is 12.1 Å². The molecule has 0 radical (unpaired) electrons. The smallest absolute Gasteiger partial charge is 0.347 e. The average molecular weight is 300 g/mol. The quantitative estimate of drug-likeness (QED) is 0.486. The average Bonchev–Trinajstić information content (AvgIpc) is 2.23. The molecule has 0 saturated heterocycles. The van der Waals surface area contributed by atoms with Crippen LogP contribution in [0.2, 0.25) is 15.6 Å². The molecule has 0 aliphatic heterocycles. The van der Waals surface area contributed by atoms with Crippen molar-refractivity contribution in [2.45, 2.75) is 20.0 Å². The van der Waals surface area contributed by atoms with Crippen molar-refractivity contribution in [2.75, 3.05) is 6.61 Å². The Labute approximate surface area is 113 Å². The number of hydrogen-bond donors (Lipinski definition) is 0. The minimum absolute atomic E-state index is 0.00159. The van der Waals surface area contributed by atoms with Gasteiger partial charge in [0.1, 0.15) is 0 Å².